The van der Waals surface area contributed by atoms with Crippen LogP contribution < -0.4 is 0 Å². The quantitative estimate of drug-likeness (QED) is 0.300. The van der Waals surface area contributed by atoms with Gasteiger partial charge in [0.25, 0.3) is 5.91 Å². The molecule has 0 fully saturated rings. The lowest BCUT2D eigenvalue weighted by molar-refractivity contribution is 0.0728. The van der Waals surface area contributed by atoms with E-state index in [1.165, 1.54) is 11.3 Å². The number of carbonyl (C=O) groups excluding carboxylic acids is 1. The summed E-state index contributed by atoms with van der Waals surface area (Å²) in [7, 11) is 0. The molecule has 8 heteroatoms. The van der Waals surface area contributed by atoms with E-state index in [9.17, 15) is 4.79 Å². The molecule has 4 aromatic heterocycles. The van der Waals surface area contributed by atoms with Crippen molar-refractivity contribution in [3.05, 3.63) is 98.6 Å². The third-order valence-corrected chi connectivity index (χ3v) is 7.33. The normalized spacial score (nSPS) is 11.0. The highest BCUT2D eigenvalue weighted by molar-refractivity contribution is 7.13. The molecule has 0 saturated carbocycles. The summed E-state index contributed by atoms with van der Waals surface area (Å²) in [5.74, 6) is -0.0558. The van der Waals surface area contributed by atoms with Gasteiger partial charge in [0.05, 0.1) is 25.0 Å². The van der Waals surface area contributed by atoms with Gasteiger partial charge >= 0.3 is 0 Å². The van der Waals surface area contributed by atoms with Gasteiger partial charge in [-0.3, -0.25) is 4.79 Å². The first-order valence-corrected chi connectivity index (χ1v) is 12.3. The molecule has 0 atom stereocenters. The third-order valence-electron chi connectivity index (χ3n) is 4.71. The number of carbonyl (C=O) groups is 1. The van der Waals surface area contributed by atoms with E-state index in [1.807, 2.05) is 74.4 Å². The van der Waals surface area contributed by atoms with Crippen LogP contribution in [-0.4, -0.2) is 25.6 Å². The Kier molecular flexibility index (Phi) is 5.75. The fourth-order valence-corrected chi connectivity index (χ4v) is 5.41. The minimum atomic E-state index is -0.0558. The molecule has 1 aromatic carbocycles. The van der Waals surface area contributed by atoms with Crippen molar-refractivity contribution in [3.8, 4) is 16.3 Å². The monoisotopic (exact) mass is 462 g/mol. The molecule has 0 spiro atoms. The molecule has 0 aliphatic heterocycles. The second kappa shape index (κ2) is 8.97. The summed E-state index contributed by atoms with van der Waals surface area (Å²) < 4.78 is 1.82. The second-order valence-electron chi connectivity index (χ2n) is 6.87. The number of rotatable bonds is 7. The van der Waals surface area contributed by atoms with Crippen LogP contribution in [0.25, 0.3) is 16.3 Å². The largest absolute Gasteiger partial charge is 0.327 e. The number of hydrogen-bond acceptors (Lipinski definition) is 6. The molecule has 5 nitrogen and oxygen atoms in total. The van der Waals surface area contributed by atoms with Crippen LogP contribution >= 0.6 is 34.0 Å². The van der Waals surface area contributed by atoms with E-state index in [0.29, 0.717) is 18.8 Å². The zero-order valence-electron chi connectivity index (χ0n) is 16.4. The Morgan fingerprint density at radius 3 is 2.26 bits per heavy atom. The number of thiophene rings is 2. The van der Waals surface area contributed by atoms with Crippen LogP contribution in [0, 0.1) is 0 Å². The van der Waals surface area contributed by atoms with E-state index in [2.05, 4.69) is 22.2 Å². The average Bonchev–Trinajstić information content (AvgIpc) is 3.61. The molecule has 154 valence electrons. The second-order valence-corrected chi connectivity index (χ2v) is 9.79. The molecular weight excluding hydrogens is 444 g/mol. The SMILES string of the molecule is O=C(c1csc(-c2cnn(-c3ccccc3)c2)n1)N(Cc1cccs1)Cc1cccs1. The molecule has 0 bridgehead atoms. The van der Waals surface area contributed by atoms with Gasteiger partial charge in [0.2, 0.25) is 0 Å². The fraction of sp³-hybridized carbons (Fsp3) is 0.0870. The number of thiazole rings is 1. The molecule has 0 aliphatic rings. The maximum Gasteiger partial charge on any atom is 0.274 e. The van der Waals surface area contributed by atoms with Crippen molar-refractivity contribution in [1.82, 2.24) is 19.7 Å². The minimum absolute atomic E-state index is 0.0558. The number of aromatic nitrogens is 3. The molecule has 5 rings (SSSR count). The van der Waals surface area contributed by atoms with Gasteiger partial charge in [0.1, 0.15) is 10.7 Å². The average molecular weight is 463 g/mol. The van der Waals surface area contributed by atoms with E-state index >= 15 is 0 Å². The summed E-state index contributed by atoms with van der Waals surface area (Å²) >= 11 is 4.79. The summed E-state index contributed by atoms with van der Waals surface area (Å²) in [4.78, 5) is 22.2. The zero-order chi connectivity index (χ0) is 21.0. The zero-order valence-corrected chi connectivity index (χ0v) is 18.9. The van der Waals surface area contributed by atoms with E-state index in [1.54, 1.807) is 28.9 Å². The summed E-state index contributed by atoms with van der Waals surface area (Å²) in [6.45, 7) is 1.15. The molecule has 0 unspecified atom stereocenters. The Morgan fingerprint density at radius 1 is 0.903 bits per heavy atom. The van der Waals surface area contributed by atoms with Gasteiger partial charge < -0.3 is 4.90 Å². The van der Waals surface area contributed by atoms with Crippen molar-refractivity contribution in [2.45, 2.75) is 13.1 Å². The Balaban J connectivity index is 1.38. The number of nitrogens with zero attached hydrogens (tertiary/aromatic N) is 4. The Hall–Kier alpha value is -3.07. The molecule has 0 N–H and O–H groups in total. The fourth-order valence-electron chi connectivity index (χ4n) is 3.20. The first-order chi connectivity index (χ1) is 15.3. The third kappa shape index (κ3) is 4.51. The topological polar surface area (TPSA) is 51.0 Å². The van der Waals surface area contributed by atoms with Crippen LogP contribution in [0.15, 0.2) is 83.1 Å². The van der Waals surface area contributed by atoms with Crippen LogP contribution in [0.1, 0.15) is 20.2 Å². The lowest BCUT2D eigenvalue weighted by Crippen LogP contribution is -2.29. The van der Waals surface area contributed by atoms with Crippen LogP contribution in [-0.2, 0) is 13.1 Å². The smallest absolute Gasteiger partial charge is 0.274 e. The predicted octanol–water partition coefficient (Wildman–Crippen LogP) is 5.96. The van der Waals surface area contributed by atoms with Gasteiger partial charge in [-0.05, 0) is 35.0 Å². The van der Waals surface area contributed by atoms with Gasteiger partial charge in [-0.25, -0.2) is 9.67 Å². The first kappa shape index (κ1) is 19.9. The van der Waals surface area contributed by atoms with Crippen molar-refractivity contribution in [1.29, 1.82) is 0 Å². The van der Waals surface area contributed by atoms with Gasteiger partial charge in [-0.2, -0.15) is 5.10 Å². The minimum Gasteiger partial charge on any atom is -0.327 e. The molecule has 4 heterocycles. The molecular formula is C23H18N4OS3. The van der Waals surface area contributed by atoms with Crippen molar-refractivity contribution in [2.24, 2.45) is 0 Å². The summed E-state index contributed by atoms with van der Waals surface area (Å²) in [6.07, 6.45) is 3.73. The van der Waals surface area contributed by atoms with Gasteiger partial charge in [-0.15, -0.1) is 34.0 Å². The van der Waals surface area contributed by atoms with Crippen LogP contribution in [0.2, 0.25) is 0 Å². The van der Waals surface area contributed by atoms with Gasteiger partial charge in [0, 0.05) is 26.9 Å². The highest BCUT2D eigenvalue weighted by Crippen LogP contribution is 2.26. The highest BCUT2D eigenvalue weighted by Gasteiger charge is 2.21. The number of hydrogen-bond donors (Lipinski definition) is 0. The summed E-state index contributed by atoms with van der Waals surface area (Å²) in [5.41, 5.74) is 2.36. The van der Waals surface area contributed by atoms with Crippen molar-refractivity contribution in [2.75, 3.05) is 0 Å². The lowest BCUT2D eigenvalue weighted by atomic mass is 10.3. The molecule has 0 radical (unpaired) electrons. The van der Waals surface area contributed by atoms with E-state index in [-0.39, 0.29) is 5.91 Å². The number of amides is 1. The molecule has 1 amide bonds. The number of benzene rings is 1. The van der Waals surface area contributed by atoms with Crippen LogP contribution in [0.4, 0.5) is 0 Å². The standard InChI is InChI=1S/C23H18N4OS3/c28-23(26(14-19-8-4-10-29-19)15-20-9-5-11-30-20)21-16-31-22(25-21)17-12-24-27(13-17)18-6-2-1-3-7-18/h1-13,16H,14-15H2. The lowest BCUT2D eigenvalue weighted by Gasteiger charge is -2.20. The molecule has 31 heavy (non-hydrogen) atoms. The van der Waals surface area contributed by atoms with Crippen molar-refractivity contribution >= 4 is 39.9 Å². The van der Waals surface area contributed by atoms with E-state index < -0.39 is 0 Å². The Labute approximate surface area is 191 Å². The molecule has 0 aliphatic carbocycles. The summed E-state index contributed by atoms with van der Waals surface area (Å²) in [5, 5.41) is 11.1. The molecule has 5 aromatic rings. The summed E-state index contributed by atoms with van der Waals surface area (Å²) in [6, 6.07) is 18.1. The predicted molar refractivity (Wildman–Crippen MR) is 127 cm³/mol. The number of para-hydroxylation sites is 1. The highest BCUT2D eigenvalue weighted by atomic mass is 32.1. The molecule has 0 saturated heterocycles. The van der Waals surface area contributed by atoms with Crippen molar-refractivity contribution < 1.29 is 4.79 Å². The van der Waals surface area contributed by atoms with Gasteiger partial charge in [0.15, 0.2) is 0 Å². The van der Waals surface area contributed by atoms with E-state index in [0.717, 1.165) is 26.0 Å². The van der Waals surface area contributed by atoms with Crippen LogP contribution in [0.5, 0.6) is 0 Å². The van der Waals surface area contributed by atoms with Gasteiger partial charge in [-0.1, -0.05) is 30.3 Å². The van der Waals surface area contributed by atoms with E-state index in [4.69, 9.17) is 0 Å². The van der Waals surface area contributed by atoms with Crippen LogP contribution in [0.3, 0.4) is 0 Å². The van der Waals surface area contributed by atoms with Crippen molar-refractivity contribution in [3.63, 3.8) is 0 Å². The maximum absolute atomic E-state index is 13.3. The first-order valence-electron chi connectivity index (χ1n) is 9.66. The Bertz CT molecular complexity index is 1220. The Morgan fingerprint density at radius 2 is 1.61 bits per heavy atom. The maximum atomic E-state index is 13.3.